The van der Waals surface area contributed by atoms with E-state index in [1.54, 1.807) is 18.2 Å². The van der Waals surface area contributed by atoms with Crippen molar-refractivity contribution in [3.8, 4) is 0 Å². The molecule has 0 aromatic heterocycles. The summed E-state index contributed by atoms with van der Waals surface area (Å²) < 4.78 is 55.0. The molecule has 8 unspecified atom stereocenters. The maximum absolute atomic E-state index is 14.0. The molecule has 4 aromatic carbocycles. The van der Waals surface area contributed by atoms with Crippen LogP contribution in [0.2, 0.25) is 0 Å². The van der Waals surface area contributed by atoms with Crippen LogP contribution in [0, 0.1) is 451 Å². The van der Waals surface area contributed by atoms with E-state index in [-0.39, 0.29) is 491 Å². The fraction of sp³-hybridized carbons (Fsp3) is 0.703. The molecule has 0 aliphatic carbocycles. The number of aliphatic hydroxyl groups is 17. The van der Waals surface area contributed by atoms with Gasteiger partial charge < -0.3 is 134 Å². The van der Waals surface area contributed by atoms with Gasteiger partial charge in [0.1, 0.15) is 54.9 Å². The Morgan fingerprint density at radius 1 is 0.407 bits per heavy atom. The largest absolute Gasteiger partial charge is 0.481 e. The number of amides is 3. The maximum atomic E-state index is 14.0. The van der Waals surface area contributed by atoms with Gasteiger partial charge >= 0.3 is 11.9 Å². The SMILES string of the molecule is C.C.CCCC[C@]1(CC)CS(=O)(=O)c2ccc(N(C)C)cc2[C@@H](c2cccc(N)c2)[C@H]1O.CCCC[C@]1(CC)CS(=O)(=O)c2ccc(N(C)C)cc2[C@@H](c2cccc(NC(=O)CCCCCCCCCCNC(=O)[C@H](O)[C@@H](O)[C@H](O)[C@H](O)CO)c2)[C@H]1O.NCCCCCCCCCCC(=O)O.O=C(Cl)C(O)C(O)C(O)C(O)CO.O=C(O)CCCCCCCCCCNC(=O)C(O)C(O)C(O)C(O)CO.[Ac].[Ac].[Ac].[Ac].[Ac].[Ac].[Ac].[Ac].[Ac].[Ac]. The first-order valence-corrected chi connectivity index (χ1v) is 52.5. The normalized spacial score (nSPS) is 18.4. The van der Waals surface area contributed by atoms with Gasteiger partial charge in [-0.05, 0) is 165 Å². The van der Waals surface area contributed by atoms with Gasteiger partial charge in [0.2, 0.25) is 5.91 Å². The first-order valence-electron chi connectivity index (χ1n) is 48.8. The summed E-state index contributed by atoms with van der Waals surface area (Å²) in [5.41, 5.74) is 15.7. The summed E-state index contributed by atoms with van der Waals surface area (Å²) in [7, 11) is 0.380. The Morgan fingerprint density at radius 2 is 0.707 bits per heavy atom. The van der Waals surface area contributed by atoms with E-state index in [0.29, 0.717) is 91.7 Å². The Morgan fingerprint density at radius 3 is 1.00 bits per heavy atom. The second kappa shape index (κ2) is 101. The number of nitrogens with two attached hydrogens (primary N) is 2. The molecule has 0 saturated carbocycles. The number of halogens is 1. The van der Waals surface area contributed by atoms with Crippen molar-refractivity contribution in [1.82, 2.24) is 10.6 Å². The second-order valence-electron chi connectivity index (χ2n) is 36.8. The minimum Gasteiger partial charge on any atom is -0.481 e. The molecule has 18 atom stereocenters. The number of hydrogen-bond acceptors (Lipinski definition) is 31. The van der Waals surface area contributed by atoms with Crippen molar-refractivity contribution in [2.75, 3.05) is 100 Å². The molecule has 4 aromatic rings. The van der Waals surface area contributed by atoms with E-state index in [9.17, 15) is 96.7 Å². The molecule has 2 aliphatic rings. The van der Waals surface area contributed by atoms with Gasteiger partial charge in [0.15, 0.2) is 38.0 Å². The minimum absolute atomic E-state index is 0. The molecule has 150 heavy (non-hydrogen) atoms. The van der Waals surface area contributed by atoms with Crippen LogP contribution in [0.4, 0.5) is 22.7 Å². The van der Waals surface area contributed by atoms with E-state index in [0.717, 1.165) is 157 Å². The van der Waals surface area contributed by atoms with Gasteiger partial charge in [-0.15, -0.1) is 0 Å². The number of carbonyl (C=O) groups excluding carboxylic acids is 4. The fourth-order valence-electron chi connectivity index (χ4n) is 16.9. The van der Waals surface area contributed by atoms with Crippen LogP contribution in [-0.4, -0.2) is 313 Å². The zero-order valence-corrected chi connectivity index (χ0v) is 138. The molecule has 10 radical (unpaired) electrons. The molecule has 0 bridgehead atoms. The van der Waals surface area contributed by atoms with Crippen LogP contribution in [-0.2, 0) is 48.4 Å². The summed E-state index contributed by atoms with van der Waals surface area (Å²) in [5.74, 6) is -4.49. The number of carbonyl (C=O) groups is 6. The molecule has 26 N–H and O–H groups in total. The Bertz CT molecular complexity index is 4450. The summed E-state index contributed by atoms with van der Waals surface area (Å²) in [6.45, 7) is 7.09. The Hall–Kier alpha value is 7.19. The van der Waals surface area contributed by atoms with E-state index < -0.39 is 177 Å². The standard InChI is InChI=1S/C41H65N3O10S.C24H34N2O3S.C17H33NO8.C11H23NO2.C6H11ClO6.2CH4.10Ac/c1-5-7-22-41(6-2)27-55(53,54)33-21-20-30(44(3)4)25-31(33)35(39(41)51)28-17-16-18-29(24-28)43-34(47)19-14-12-10-8-9-11-13-15-23-42-40(52)38(50)37(49)36(48)32(46)26-45;1-5-7-13-24(6-2)16-30(28,29)21-12-11-19(26(3)4)15-20(21)22(23(24)27)17-9-8-10-18(25)14-17;19-11-12(20)14(23)15(24)16(25)17(26)18-10-8-6-4-2-1-3-5-7-9-13(21)22;12-10-8-6-4-2-1-3-5-7-9-11(13)14;7-6(13)5(12)4(11)3(10)2(9)1-8;;;;;;;;;;;;/h16-18,20-21,24-25,32,35-39,45-46,48-51H,5-15,19,22-23,26-27H2,1-4H3,(H,42,52)(H,43,47);8-12,14-15,22-23,27H,5-7,13,16,25H2,1-4H3;12,14-16,19-20,23-25H,1-11H2,(H,18,26)(H,21,22);1-10,12H2,(H,13,14);2-5,8-12H,1H2;2*1H4;;;;;;;;;;/t32-,35-,36-,37+,38-,39-,41-;22-,23-,24-;;;;;;;;;;;;;;;/m11.............../s1. The number of sulfone groups is 2. The number of benzene rings is 4. The number of nitrogens with zero attached hydrogens (tertiary/aromatic N) is 2. The monoisotopic (exact) mass is 4320 g/mol. The zero-order valence-electron chi connectivity index (χ0n) is 87.8. The van der Waals surface area contributed by atoms with Gasteiger partial charge in [-0.25, -0.2) is 16.8 Å². The third kappa shape index (κ3) is 67.3. The van der Waals surface area contributed by atoms with E-state index >= 15 is 0 Å². The van der Waals surface area contributed by atoms with Crippen molar-refractivity contribution in [1.29, 1.82) is 0 Å². The maximum Gasteiger partial charge on any atom is 0.303 e. The molecule has 836 valence electrons. The average molecular weight is 4320 g/mol. The van der Waals surface area contributed by atoms with Crippen LogP contribution >= 0.6 is 11.6 Å². The molecular formula is C101H174Ac10ClN7O29S2. The molecule has 2 heterocycles. The number of carboxylic acids is 2. The van der Waals surface area contributed by atoms with E-state index in [1.165, 1.54) is 32.1 Å². The van der Waals surface area contributed by atoms with Gasteiger partial charge in [0, 0.05) is 547 Å². The molecule has 0 spiro atoms. The number of anilines is 4. The van der Waals surface area contributed by atoms with Gasteiger partial charge in [-0.2, -0.15) is 0 Å². The Balaban J connectivity index is -0.000000193. The third-order valence-corrected chi connectivity index (χ3v) is 29.8. The molecule has 49 heteroatoms. The topological polar surface area (TPSA) is 650 Å². The van der Waals surface area contributed by atoms with Crippen molar-refractivity contribution in [3.05, 3.63) is 107 Å². The van der Waals surface area contributed by atoms with Crippen LogP contribution in [0.5, 0.6) is 0 Å². The number of nitrogen functional groups attached to an aromatic ring is 1. The van der Waals surface area contributed by atoms with Crippen molar-refractivity contribution < 1.29 is 583 Å². The predicted molar refractivity (Wildman–Crippen MR) is 544 cm³/mol. The van der Waals surface area contributed by atoms with Crippen molar-refractivity contribution in [2.24, 2.45) is 16.6 Å². The first kappa shape index (κ1) is 179. The van der Waals surface area contributed by atoms with Crippen molar-refractivity contribution in [3.63, 3.8) is 0 Å². The van der Waals surface area contributed by atoms with E-state index in [2.05, 4.69) is 29.8 Å². The van der Waals surface area contributed by atoms with Crippen LogP contribution in [0.25, 0.3) is 0 Å². The van der Waals surface area contributed by atoms with Gasteiger partial charge in [-0.1, -0.05) is 208 Å². The number of rotatable bonds is 60. The molecule has 3 amide bonds. The number of unbranched alkanes of at least 4 members (excludes halogenated alkanes) is 23. The summed E-state index contributed by atoms with van der Waals surface area (Å²) >= 11 is 4.81. The van der Waals surface area contributed by atoms with Gasteiger partial charge in [0.25, 0.3) is 17.1 Å². The quantitative estimate of drug-likeness (QED) is 0.0113. The number of aliphatic hydroxyl groups excluding tert-OH is 17. The van der Waals surface area contributed by atoms with Crippen LogP contribution < -0.4 is 37.2 Å². The molecule has 0 saturated heterocycles. The summed E-state index contributed by atoms with van der Waals surface area (Å²) in [6, 6.07) is 25.7. The first-order chi connectivity index (χ1) is 65.3. The Labute approximate surface area is 1260 Å². The van der Waals surface area contributed by atoms with Gasteiger partial charge in [0.05, 0.1) is 53.3 Å². The molecule has 6 rings (SSSR count). The van der Waals surface area contributed by atoms with Crippen molar-refractivity contribution in [2.45, 2.75) is 374 Å². The summed E-state index contributed by atoms with van der Waals surface area (Å²) in [4.78, 5) is 71.9. The van der Waals surface area contributed by atoms with Crippen LogP contribution in [0.3, 0.4) is 0 Å². The fourth-order valence-corrected chi connectivity index (χ4v) is 21.5. The van der Waals surface area contributed by atoms with Crippen LogP contribution in [0.1, 0.15) is 301 Å². The number of hydrogen-bond donors (Lipinski definition) is 24. The number of nitrogens with one attached hydrogen (secondary N) is 3. The minimum atomic E-state index is -3.71. The van der Waals surface area contributed by atoms with E-state index in [4.69, 9.17) is 69.0 Å². The second-order valence-corrected chi connectivity index (χ2v) is 41.1. The molecule has 2 aliphatic heterocycles. The molecule has 36 nitrogen and oxygen atoms in total. The predicted octanol–water partition coefficient (Wildman–Crippen LogP) is 7.96. The number of fused-ring (bicyclic) bond motifs is 2. The smallest absolute Gasteiger partial charge is 0.303 e. The van der Waals surface area contributed by atoms with Crippen molar-refractivity contribution >= 4 is 88.9 Å². The average Bonchev–Trinajstić information content (AvgIpc) is 1.63. The molecule has 0 fully saturated rings. The summed E-state index contributed by atoms with van der Waals surface area (Å²) in [6.07, 6.45) is 6.56. The van der Waals surface area contributed by atoms with Gasteiger partial charge in [-0.3, -0.25) is 28.8 Å². The number of aliphatic carboxylic acids is 2. The third-order valence-electron chi connectivity index (χ3n) is 25.6. The Kier molecular flexibility index (Phi) is 121. The van der Waals surface area contributed by atoms with E-state index in [1.807, 2.05) is 119 Å². The zero-order chi connectivity index (χ0) is 104. The number of carboxylic acid groups (broad SMARTS) is 2. The van der Waals surface area contributed by atoms with Crippen LogP contribution in [0.15, 0.2) is 94.7 Å². The molecular weight excluding hydrogens is 4140 g/mol. The summed E-state index contributed by atoms with van der Waals surface area (Å²) in [5, 5.41) is 186.